The lowest BCUT2D eigenvalue weighted by molar-refractivity contribution is -0.118. The van der Waals surface area contributed by atoms with E-state index in [4.69, 9.17) is 11.6 Å². The molecule has 0 bridgehead atoms. The highest BCUT2D eigenvalue weighted by Gasteiger charge is 2.25. The zero-order valence-electron chi connectivity index (χ0n) is 11.4. The minimum absolute atomic E-state index is 0.0546. The second-order valence-electron chi connectivity index (χ2n) is 5.08. The molecule has 2 aliphatic rings. The van der Waals surface area contributed by atoms with Gasteiger partial charge < -0.3 is 10.2 Å². The van der Waals surface area contributed by atoms with Crippen molar-refractivity contribution in [1.29, 1.82) is 0 Å². The lowest BCUT2D eigenvalue weighted by Gasteiger charge is -2.18. The minimum Gasteiger partial charge on any atom is -0.325 e. The van der Waals surface area contributed by atoms with Gasteiger partial charge in [0.05, 0.1) is 16.8 Å². The van der Waals surface area contributed by atoms with Crippen LogP contribution >= 0.6 is 23.4 Å². The Bertz CT molecular complexity index is 575. The average molecular weight is 326 g/mol. The summed E-state index contributed by atoms with van der Waals surface area (Å²) in [6, 6.07) is 5.11. The standard InChI is InChI=1S/C14H16ClN3O2S/c15-10-6-9(17-14(20)11-7-21-8-16-11)3-4-12(10)18-5-1-2-13(18)19/h3-4,6,11,16H,1-2,5,7-8H2,(H,17,20). The monoisotopic (exact) mass is 325 g/mol. The van der Waals surface area contributed by atoms with Gasteiger partial charge in [-0.25, -0.2) is 0 Å². The van der Waals surface area contributed by atoms with Gasteiger partial charge in [0.1, 0.15) is 0 Å². The number of thioether (sulfide) groups is 1. The smallest absolute Gasteiger partial charge is 0.242 e. The summed E-state index contributed by atoms with van der Waals surface area (Å²) in [5, 5.41) is 6.45. The van der Waals surface area contributed by atoms with Crippen LogP contribution in [0, 0.1) is 0 Å². The third-order valence-electron chi connectivity index (χ3n) is 3.61. The van der Waals surface area contributed by atoms with Crippen LogP contribution in [0.25, 0.3) is 0 Å². The maximum atomic E-state index is 12.0. The van der Waals surface area contributed by atoms with E-state index in [1.54, 1.807) is 34.9 Å². The van der Waals surface area contributed by atoms with Gasteiger partial charge in [-0.1, -0.05) is 11.6 Å². The highest BCUT2D eigenvalue weighted by molar-refractivity contribution is 7.99. The van der Waals surface area contributed by atoms with Crippen LogP contribution in [0.3, 0.4) is 0 Å². The summed E-state index contributed by atoms with van der Waals surface area (Å²) in [7, 11) is 0. The van der Waals surface area contributed by atoms with E-state index >= 15 is 0 Å². The molecule has 1 atom stereocenters. The van der Waals surface area contributed by atoms with Gasteiger partial charge >= 0.3 is 0 Å². The van der Waals surface area contributed by atoms with Crippen molar-refractivity contribution in [2.75, 3.05) is 28.4 Å². The molecule has 1 aromatic rings. The van der Waals surface area contributed by atoms with Gasteiger partial charge in [-0.2, -0.15) is 0 Å². The summed E-state index contributed by atoms with van der Waals surface area (Å²) >= 11 is 7.95. The van der Waals surface area contributed by atoms with Crippen molar-refractivity contribution in [3.05, 3.63) is 23.2 Å². The van der Waals surface area contributed by atoms with Crippen LogP contribution in [0.1, 0.15) is 12.8 Å². The SMILES string of the molecule is O=C(Nc1ccc(N2CCCC2=O)c(Cl)c1)C1CSCN1. The van der Waals surface area contributed by atoms with Crippen molar-refractivity contribution in [2.24, 2.45) is 0 Å². The molecule has 0 aromatic heterocycles. The molecule has 3 rings (SSSR count). The van der Waals surface area contributed by atoms with Gasteiger partial charge in [0.25, 0.3) is 0 Å². The summed E-state index contributed by atoms with van der Waals surface area (Å²) in [6.07, 6.45) is 1.43. The minimum atomic E-state index is -0.159. The molecule has 2 saturated heterocycles. The first-order valence-electron chi connectivity index (χ1n) is 6.87. The fourth-order valence-electron chi connectivity index (χ4n) is 2.50. The fraction of sp³-hybridized carbons (Fsp3) is 0.429. The quantitative estimate of drug-likeness (QED) is 0.893. The van der Waals surface area contributed by atoms with Crippen molar-refractivity contribution in [2.45, 2.75) is 18.9 Å². The first kappa shape index (κ1) is 14.7. The number of amides is 2. The fourth-order valence-corrected chi connectivity index (χ4v) is 3.72. The Balaban J connectivity index is 1.71. The summed E-state index contributed by atoms with van der Waals surface area (Å²) in [4.78, 5) is 25.5. The number of halogens is 1. The molecule has 7 heteroatoms. The van der Waals surface area contributed by atoms with Crippen molar-refractivity contribution in [3.63, 3.8) is 0 Å². The van der Waals surface area contributed by atoms with Crippen molar-refractivity contribution in [1.82, 2.24) is 5.32 Å². The number of rotatable bonds is 3. The maximum absolute atomic E-state index is 12.0. The van der Waals surface area contributed by atoms with E-state index < -0.39 is 0 Å². The van der Waals surface area contributed by atoms with Gasteiger partial charge in [0, 0.05) is 30.3 Å². The molecule has 2 fully saturated rings. The number of benzene rings is 1. The van der Waals surface area contributed by atoms with Crippen LogP contribution < -0.4 is 15.5 Å². The second kappa shape index (κ2) is 6.25. The average Bonchev–Trinajstić information content (AvgIpc) is 3.10. The molecule has 112 valence electrons. The van der Waals surface area contributed by atoms with Crippen LogP contribution in [-0.2, 0) is 9.59 Å². The lowest BCUT2D eigenvalue weighted by atomic mass is 10.2. The number of hydrogen-bond acceptors (Lipinski definition) is 4. The molecule has 21 heavy (non-hydrogen) atoms. The first-order chi connectivity index (χ1) is 10.1. The van der Waals surface area contributed by atoms with E-state index in [9.17, 15) is 9.59 Å². The van der Waals surface area contributed by atoms with Crippen LogP contribution in [0.5, 0.6) is 0 Å². The van der Waals surface area contributed by atoms with E-state index in [2.05, 4.69) is 10.6 Å². The zero-order valence-corrected chi connectivity index (χ0v) is 13.0. The molecular weight excluding hydrogens is 310 g/mol. The predicted octanol–water partition coefficient (Wildman–Crippen LogP) is 2.07. The van der Waals surface area contributed by atoms with Gasteiger partial charge in [-0.05, 0) is 24.6 Å². The highest BCUT2D eigenvalue weighted by Crippen LogP contribution is 2.31. The third-order valence-corrected chi connectivity index (χ3v) is 4.85. The Kier molecular flexibility index (Phi) is 4.37. The van der Waals surface area contributed by atoms with Crippen LogP contribution in [0.2, 0.25) is 5.02 Å². The highest BCUT2D eigenvalue weighted by atomic mass is 35.5. The molecule has 1 unspecified atom stereocenters. The Morgan fingerprint density at radius 1 is 1.48 bits per heavy atom. The Morgan fingerprint density at radius 2 is 2.33 bits per heavy atom. The molecule has 2 heterocycles. The second-order valence-corrected chi connectivity index (χ2v) is 6.51. The molecule has 1 aromatic carbocycles. The van der Waals surface area contributed by atoms with E-state index in [0.29, 0.717) is 29.4 Å². The molecule has 0 radical (unpaired) electrons. The van der Waals surface area contributed by atoms with Crippen LogP contribution in [-0.4, -0.2) is 36.0 Å². The molecular formula is C14H16ClN3O2S. The largest absolute Gasteiger partial charge is 0.325 e. The van der Waals surface area contributed by atoms with Crippen LogP contribution in [0.15, 0.2) is 18.2 Å². The number of anilines is 2. The summed E-state index contributed by atoms with van der Waals surface area (Å²) in [5.74, 6) is 1.62. The molecule has 2 aliphatic heterocycles. The van der Waals surface area contributed by atoms with Gasteiger partial charge in [0.15, 0.2) is 0 Å². The van der Waals surface area contributed by atoms with Gasteiger partial charge in [-0.3, -0.25) is 14.9 Å². The maximum Gasteiger partial charge on any atom is 0.242 e. The topological polar surface area (TPSA) is 61.4 Å². The lowest BCUT2D eigenvalue weighted by Crippen LogP contribution is -2.37. The molecule has 5 nitrogen and oxygen atoms in total. The normalized spacial score (nSPS) is 21.9. The number of nitrogens with one attached hydrogen (secondary N) is 2. The first-order valence-corrected chi connectivity index (χ1v) is 8.40. The molecule has 2 N–H and O–H groups in total. The van der Waals surface area contributed by atoms with Gasteiger partial charge in [0.2, 0.25) is 11.8 Å². The van der Waals surface area contributed by atoms with Gasteiger partial charge in [-0.15, -0.1) is 11.8 Å². The van der Waals surface area contributed by atoms with E-state index in [1.807, 2.05) is 0 Å². The molecule has 0 spiro atoms. The van der Waals surface area contributed by atoms with Crippen molar-refractivity contribution >= 4 is 46.6 Å². The van der Waals surface area contributed by atoms with Crippen LogP contribution in [0.4, 0.5) is 11.4 Å². The summed E-state index contributed by atoms with van der Waals surface area (Å²) in [6.45, 7) is 0.702. The number of hydrogen-bond donors (Lipinski definition) is 2. The zero-order chi connectivity index (χ0) is 14.8. The molecule has 0 aliphatic carbocycles. The number of carbonyl (C=O) groups excluding carboxylic acids is 2. The Labute approximate surface area is 132 Å². The van der Waals surface area contributed by atoms with E-state index in [-0.39, 0.29) is 17.9 Å². The van der Waals surface area contributed by atoms with Crippen molar-refractivity contribution in [3.8, 4) is 0 Å². The molecule has 2 amide bonds. The Hall–Kier alpha value is -1.24. The predicted molar refractivity (Wildman–Crippen MR) is 85.9 cm³/mol. The Morgan fingerprint density at radius 3 is 2.95 bits per heavy atom. The summed E-state index contributed by atoms with van der Waals surface area (Å²) < 4.78 is 0. The third kappa shape index (κ3) is 3.17. The number of nitrogens with zero attached hydrogens (tertiary/aromatic N) is 1. The van der Waals surface area contributed by atoms with Crippen molar-refractivity contribution < 1.29 is 9.59 Å². The molecule has 0 saturated carbocycles. The van der Waals surface area contributed by atoms with E-state index in [0.717, 1.165) is 18.1 Å². The van der Waals surface area contributed by atoms with E-state index in [1.165, 1.54) is 0 Å². The number of carbonyl (C=O) groups is 2. The summed E-state index contributed by atoms with van der Waals surface area (Å²) in [5.41, 5.74) is 1.37.